The number of ether oxygens (including phenoxy) is 1. The van der Waals surface area contributed by atoms with E-state index in [9.17, 15) is 0 Å². The lowest BCUT2D eigenvalue weighted by Crippen LogP contribution is -2.11. The third kappa shape index (κ3) is 3.75. The van der Waals surface area contributed by atoms with Crippen molar-refractivity contribution in [1.82, 2.24) is 24.7 Å². The highest BCUT2D eigenvalue weighted by molar-refractivity contribution is 14.1. The number of hydrogen-bond donors (Lipinski definition) is 1. The predicted molar refractivity (Wildman–Crippen MR) is 79.6 cm³/mol. The van der Waals surface area contributed by atoms with E-state index in [1.807, 2.05) is 13.1 Å². The van der Waals surface area contributed by atoms with Gasteiger partial charge in [0, 0.05) is 12.7 Å². The lowest BCUT2D eigenvalue weighted by Gasteiger charge is -2.08. The van der Waals surface area contributed by atoms with Crippen molar-refractivity contribution >= 4 is 28.5 Å². The van der Waals surface area contributed by atoms with E-state index in [0.29, 0.717) is 24.5 Å². The molecule has 0 aliphatic carbocycles. The molecule has 2 heterocycles. The maximum absolute atomic E-state index is 5.35. The molecule has 0 atom stereocenters. The van der Waals surface area contributed by atoms with Crippen LogP contribution in [0.2, 0.25) is 0 Å². The molecule has 0 aliphatic rings. The smallest absolute Gasteiger partial charge is 0.323 e. The summed E-state index contributed by atoms with van der Waals surface area (Å²) in [6, 6.07) is 0.302. The van der Waals surface area contributed by atoms with Gasteiger partial charge in [0.2, 0.25) is 5.95 Å². The van der Waals surface area contributed by atoms with Crippen LogP contribution in [0.15, 0.2) is 12.4 Å². The average molecular weight is 374 g/mol. The summed E-state index contributed by atoms with van der Waals surface area (Å²) in [4.78, 5) is 12.7. The zero-order chi connectivity index (χ0) is 13.7. The lowest BCUT2D eigenvalue weighted by atomic mass is 10.5. The zero-order valence-electron chi connectivity index (χ0n) is 10.8. The average Bonchev–Trinajstić information content (AvgIpc) is 2.83. The maximum atomic E-state index is 5.35. The van der Waals surface area contributed by atoms with Crippen LogP contribution in [0.1, 0.15) is 20.3 Å². The van der Waals surface area contributed by atoms with Gasteiger partial charge in [-0.15, -0.1) is 0 Å². The Morgan fingerprint density at radius 1 is 1.32 bits per heavy atom. The van der Waals surface area contributed by atoms with Crippen LogP contribution in [-0.4, -0.2) is 37.9 Å². The molecule has 0 saturated carbocycles. The normalized spacial score (nSPS) is 10.5. The van der Waals surface area contributed by atoms with Crippen molar-refractivity contribution in [2.45, 2.75) is 20.3 Å². The van der Waals surface area contributed by atoms with Crippen molar-refractivity contribution in [3.05, 3.63) is 16.0 Å². The summed E-state index contributed by atoms with van der Waals surface area (Å²) < 4.78 is 7.96. The third-order valence-electron chi connectivity index (χ3n) is 2.17. The second-order valence-corrected chi connectivity index (χ2v) is 4.95. The van der Waals surface area contributed by atoms with E-state index in [2.05, 4.69) is 54.9 Å². The Hall–Kier alpha value is -1.45. The van der Waals surface area contributed by atoms with Crippen LogP contribution < -0.4 is 10.1 Å². The highest BCUT2D eigenvalue weighted by atomic mass is 127. The molecular formula is C11H15IN6O. The molecule has 0 aliphatic heterocycles. The van der Waals surface area contributed by atoms with Crippen LogP contribution in [0.5, 0.6) is 6.01 Å². The van der Waals surface area contributed by atoms with Crippen LogP contribution in [0.4, 0.5) is 5.95 Å². The van der Waals surface area contributed by atoms with E-state index in [4.69, 9.17) is 4.74 Å². The lowest BCUT2D eigenvalue weighted by molar-refractivity contribution is 0.311. The van der Waals surface area contributed by atoms with Gasteiger partial charge in [-0.25, -0.2) is 4.68 Å². The number of rotatable bonds is 6. The van der Waals surface area contributed by atoms with Crippen molar-refractivity contribution in [3.63, 3.8) is 0 Å². The number of halogens is 1. The van der Waals surface area contributed by atoms with E-state index >= 15 is 0 Å². The van der Waals surface area contributed by atoms with Crippen LogP contribution in [-0.2, 0) is 0 Å². The van der Waals surface area contributed by atoms with E-state index in [-0.39, 0.29) is 0 Å². The van der Waals surface area contributed by atoms with Gasteiger partial charge in [-0.1, -0.05) is 6.92 Å². The molecule has 2 aromatic heterocycles. The second kappa shape index (κ2) is 6.64. The van der Waals surface area contributed by atoms with Crippen molar-refractivity contribution in [2.24, 2.45) is 0 Å². The van der Waals surface area contributed by atoms with Gasteiger partial charge < -0.3 is 10.1 Å². The van der Waals surface area contributed by atoms with Gasteiger partial charge in [-0.2, -0.15) is 20.1 Å². The second-order valence-electron chi connectivity index (χ2n) is 3.70. The molecule has 7 nitrogen and oxygen atoms in total. The SMILES string of the molecule is CCCNc1nc(OCC)nc(-n2cc(I)cn2)n1. The first-order valence-corrected chi connectivity index (χ1v) is 7.14. The standard InChI is InChI=1S/C11H15IN6O/c1-3-5-13-9-15-10(17-11(16-9)19-4-2)18-7-8(12)6-14-18/h6-7H,3-5H2,1-2H3,(H,13,15,16,17). The summed E-state index contributed by atoms with van der Waals surface area (Å²) in [5, 5.41) is 7.31. The number of nitrogens with zero attached hydrogens (tertiary/aromatic N) is 5. The Kier molecular flexibility index (Phi) is 4.88. The predicted octanol–water partition coefficient (Wildman–Crippen LogP) is 1.88. The Morgan fingerprint density at radius 3 is 2.79 bits per heavy atom. The first-order chi connectivity index (χ1) is 9.22. The minimum atomic E-state index is 0.302. The monoisotopic (exact) mass is 374 g/mol. The summed E-state index contributed by atoms with van der Waals surface area (Å²) in [5.74, 6) is 0.945. The largest absolute Gasteiger partial charge is 0.464 e. The van der Waals surface area contributed by atoms with Crippen LogP contribution in [0.3, 0.4) is 0 Å². The molecule has 0 bridgehead atoms. The molecule has 0 unspecified atom stereocenters. The summed E-state index contributed by atoms with van der Waals surface area (Å²) in [6.07, 6.45) is 4.57. The molecule has 0 spiro atoms. The Morgan fingerprint density at radius 2 is 2.16 bits per heavy atom. The van der Waals surface area contributed by atoms with E-state index in [1.165, 1.54) is 0 Å². The number of anilines is 1. The summed E-state index contributed by atoms with van der Waals surface area (Å²) >= 11 is 2.18. The van der Waals surface area contributed by atoms with Crippen LogP contribution >= 0.6 is 22.6 Å². The van der Waals surface area contributed by atoms with Crippen molar-refractivity contribution < 1.29 is 4.74 Å². The quantitative estimate of drug-likeness (QED) is 0.779. The topological polar surface area (TPSA) is 77.8 Å². The number of aromatic nitrogens is 5. The van der Waals surface area contributed by atoms with Crippen molar-refractivity contribution in [1.29, 1.82) is 0 Å². The van der Waals surface area contributed by atoms with E-state index in [0.717, 1.165) is 16.5 Å². The van der Waals surface area contributed by atoms with Crippen molar-refractivity contribution in [3.8, 4) is 12.0 Å². The zero-order valence-corrected chi connectivity index (χ0v) is 13.0. The van der Waals surface area contributed by atoms with Gasteiger partial charge in [-0.05, 0) is 35.9 Å². The first-order valence-electron chi connectivity index (χ1n) is 6.06. The van der Waals surface area contributed by atoms with Gasteiger partial charge in [-0.3, -0.25) is 0 Å². The third-order valence-corrected chi connectivity index (χ3v) is 2.72. The summed E-state index contributed by atoms with van der Waals surface area (Å²) in [5.41, 5.74) is 0. The molecule has 19 heavy (non-hydrogen) atoms. The van der Waals surface area contributed by atoms with E-state index < -0.39 is 0 Å². The number of nitrogens with one attached hydrogen (secondary N) is 1. The van der Waals surface area contributed by atoms with Crippen LogP contribution in [0.25, 0.3) is 5.95 Å². The molecule has 1 N–H and O–H groups in total. The molecule has 0 aromatic carbocycles. The van der Waals surface area contributed by atoms with Crippen molar-refractivity contribution in [2.75, 3.05) is 18.5 Å². The van der Waals surface area contributed by atoms with Gasteiger partial charge in [0.05, 0.1) is 16.4 Å². The summed E-state index contributed by atoms with van der Waals surface area (Å²) in [7, 11) is 0. The Balaban J connectivity index is 2.33. The molecule has 0 radical (unpaired) electrons. The minimum Gasteiger partial charge on any atom is -0.464 e. The molecule has 0 saturated heterocycles. The Labute approximate surface area is 125 Å². The molecule has 102 valence electrons. The molecule has 2 aromatic rings. The van der Waals surface area contributed by atoms with Gasteiger partial charge >= 0.3 is 6.01 Å². The molecule has 2 rings (SSSR count). The fraction of sp³-hybridized carbons (Fsp3) is 0.455. The van der Waals surface area contributed by atoms with Gasteiger partial charge in [0.1, 0.15) is 0 Å². The molecule has 0 amide bonds. The fourth-order valence-corrected chi connectivity index (χ4v) is 1.76. The molecular weight excluding hydrogens is 359 g/mol. The van der Waals surface area contributed by atoms with Gasteiger partial charge in [0.15, 0.2) is 0 Å². The summed E-state index contributed by atoms with van der Waals surface area (Å²) in [6.45, 7) is 5.27. The molecule has 0 fully saturated rings. The minimum absolute atomic E-state index is 0.302. The number of hydrogen-bond acceptors (Lipinski definition) is 6. The maximum Gasteiger partial charge on any atom is 0.323 e. The van der Waals surface area contributed by atoms with Gasteiger partial charge in [0.25, 0.3) is 5.95 Å². The van der Waals surface area contributed by atoms with Crippen LogP contribution in [0, 0.1) is 3.57 Å². The van der Waals surface area contributed by atoms with E-state index in [1.54, 1.807) is 10.9 Å². The fourth-order valence-electron chi connectivity index (χ4n) is 1.37. The highest BCUT2D eigenvalue weighted by Crippen LogP contribution is 2.12. The Bertz CT molecular complexity index is 544. The molecule has 8 heteroatoms. The first kappa shape index (κ1) is 14.0. The highest BCUT2D eigenvalue weighted by Gasteiger charge is 2.09.